The Labute approximate surface area is 104 Å². The van der Waals surface area contributed by atoms with Crippen LogP contribution in [0.2, 0.25) is 5.02 Å². The summed E-state index contributed by atoms with van der Waals surface area (Å²) in [7, 11) is 2.86. The number of hydrogen-bond acceptors (Lipinski definition) is 4. The fourth-order valence-corrected chi connectivity index (χ4v) is 1.85. The summed E-state index contributed by atoms with van der Waals surface area (Å²) in [5.41, 5.74) is 5.83. The molecule has 1 aromatic carbocycles. The zero-order valence-corrected chi connectivity index (χ0v) is 10.3. The van der Waals surface area contributed by atoms with Gasteiger partial charge in [-0.2, -0.15) is 0 Å². The van der Waals surface area contributed by atoms with E-state index in [1.165, 1.54) is 14.2 Å². The van der Waals surface area contributed by atoms with E-state index in [2.05, 4.69) is 0 Å². The maximum Gasteiger partial charge on any atom is 0.312 e. The SMILES string of the molecule is COc1ccc(Cl)c(OC)c1C(CN)C(=O)O. The van der Waals surface area contributed by atoms with Crippen LogP contribution in [0.15, 0.2) is 12.1 Å². The highest BCUT2D eigenvalue weighted by atomic mass is 35.5. The van der Waals surface area contributed by atoms with Crippen LogP contribution in [-0.2, 0) is 4.79 Å². The molecule has 0 saturated carbocycles. The van der Waals surface area contributed by atoms with Crippen molar-refractivity contribution in [3.05, 3.63) is 22.7 Å². The summed E-state index contributed by atoms with van der Waals surface area (Å²) in [5.74, 6) is -1.29. The molecule has 6 heteroatoms. The third-order valence-corrected chi connectivity index (χ3v) is 2.71. The highest BCUT2D eigenvalue weighted by Crippen LogP contribution is 2.40. The molecule has 1 aromatic rings. The van der Waals surface area contributed by atoms with Crippen LogP contribution in [0.3, 0.4) is 0 Å². The fraction of sp³-hybridized carbons (Fsp3) is 0.364. The van der Waals surface area contributed by atoms with Crippen LogP contribution in [0.25, 0.3) is 0 Å². The van der Waals surface area contributed by atoms with Crippen LogP contribution in [0.5, 0.6) is 11.5 Å². The van der Waals surface area contributed by atoms with Gasteiger partial charge in [0.05, 0.1) is 24.8 Å². The second kappa shape index (κ2) is 5.75. The number of rotatable bonds is 5. The molecule has 0 aliphatic heterocycles. The lowest BCUT2D eigenvalue weighted by atomic mass is 9.97. The number of carboxylic acid groups (broad SMARTS) is 1. The molecule has 0 bridgehead atoms. The largest absolute Gasteiger partial charge is 0.496 e. The second-order valence-corrected chi connectivity index (χ2v) is 3.73. The van der Waals surface area contributed by atoms with Crippen LogP contribution in [0.4, 0.5) is 0 Å². The predicted molar refractivity (Wildman–Crippen MR) is 64.0 cm³/mol. The lowest BCUT2D eigenvalue weighted by molar-refractivity contribution is -0.138. The number of nitrogens with two attached hydrogens (primary N) is 1. The predicted octanol–water partition coefficient (Wildman–Crippen LogP) is 1.48. The van der Waals surface area contributed by atoms with Crippen molar-refractivity contribution in [3.63, 3.8) is 0 Å². The van der Waals surface area contributed by atoms with E-state index in [1.54, 1.807) is 12.1 Å². The van der Waals surface area contributed by atoms with Gasteiger partial charge >= 0.3 is 5.97 Å². The zero-order chi connectivity index (χ0) is 13.0. The normalized spacial score (nSPS) is 12.0. The van der Waals surface area contributed by atoms with E-state index in [0.717, 1.165) is 0 Å². The molecule has 0 heterocycles. The molecular weight excluding hydrogens is 246 g/mol. The Morgan fingerprint density at radius 1 is 1.47 bits per heavy atom. The van der Waals surface area contributed by atoms with Gasteiger partial charge in [-0.3, -0.25) is 4.79 Å². The average molecular weight is 260 g/mol. The highest BCUT2D eigenvalue weighted by Gasteiger charge is 2.27. The summed E-state index contributed by atoms with van der Waals surface area (Å²) < 4.78 is 10.2. The monoisotopic (exact) mass is 259 g/mol. The Hall–Kier alpha value is -1.46. The smallest absolute Gasteiger partial charge is 0.312 e. The van der Waals surface area contributed by atoms with Crippen LogP contribution >= 0.6 is 11.6 Å². The first-order valence-corrected chi connectivity index (χ1v) is 5.27. The first kappa shape index (κ1) is 13.6. The second-order valence-electron chi connectivity index (χ2n) is 3.32. The molecule has 0 aromatic heterocycles. The third-order valence-electron chi connectivity index (χ3n) is 2.41. The third kappa shape index (κ3) is 2.62. The number of hydrogen-bond donors (Lipinski definition) is 2. The molecule has 0 aliphatic rings. The van der Waals surface area contributed by atoms with Crippen molar-refractivity contribution in [2.75, 3.05) is 20.8 Å². The van der Waals surface area contributed by atoms with Crippen molar-refractivity contribution in [2.24, 2.45) is 5.73 Å². The van der Waals surface area contributed by atoms with E-state index < -0.39 is 11.9 Å². The Kier molecular flexibility index (Phi) is 4.60. The van der Waals surface area contributed by atoms with Gasteiger partial charge in [-0.05, 0) is 12.1 Å². The standard InChI is InChI=1S/C11H14ClNO4/c1-16-8-4-3-7(12)10(17-2)9(8)6(5-13)11(14)15/h3-4,6H,5,13H2,1-2H3,(H,14,15). The molecule has 1 rings (SSSR count). The van der Waals surface area contributed by atoms with Gasteiger partial charge in [0.15, 0.2) is 0 Å². The number of halogens is 1. The summed E-state index contributed by atoms with van der Waals surface area (Å²) in [6, 6.07) is 3.17. The Morgan fingerprint density at radius 2 is 2.12 bits per heavy atom. The van der Waals surface area contributed by atoms with Crippen molar-refractivity contribution in [3.8, 4) is 11.5 Å². The minimum absolute atomic E-state index is 0.0671. The number of carboxylic acids is 1. The topological polar surface area (TPSA) is 81.8 Å². The number of aliphatic carboxylic acids is 1. The van der Waals surface area contributed by atoms with Gasteiger partial charge in [0.25, 0.3) is 0 Å². The summed E-state index contributed by atoms with van der Waals surface area (Å²) >= 11 is 5.95. The van der Waals surface area contributed by atoms with E-state index in [9.17, 15) is 4.79 Å². The van der Waals surface area contributed by atoms with Crippen LogP contribution in [0, 0.1) is 0 Å². The zero-order valence-electron chi connectivity index (χ0n) is 9.57. The van der Waals surface area contributed by atoms with E-state index in [0.29, 0.717) is 16.3 Å². The first-order chi connectivity index (χ1) is 8.06. The summed E-state index contributed by atoms with van der Waals surface area (Å²) in [5, 5.41) is 9.45. The fourth-order valence-electron chi connectivity index (χ4n) is 1.61. The Morgan fingerprint density at radius 3 is 2.53 bits per heavy atom. The quantitative estimate of drug-likeness (QED) is 0.837. The number of methoxy groups -OCH3 is 2. The van der Waals surface area contributed by atoms with Crippen molar-refractivity contribution < 1.29 is 19.4 Å². The molecule has 3 N–H and O–H groups in total. The van der Waals surface area contributed by atoms with E-state index >= 15 is 0 Å². The van der Waals surface area contributed by atoms with Crippen LogP contribution in [0.1, 0.15) is 11.5 Å². The van der Waals surface area contributed by atoms with Gasteiger partial charge in [-0.1, -0.05) is 11.6 Å². The van der Waals surface area contributed by atoms with Gasteiger partial charge in [-0.15, -0.1) is 0 Å². The molecular formula is C11H14ClNO4. The van der Waals surface area contributed by atoms with Gasteiger partial charge in [0.1, 0.15) is 17.4 Å². The lowest BCUT2D eigenvalue weighted by Crippen LogP contribution is -2.22. The molecule has 0 spiro atoms. The molecule has 5 nitrogen and oxygen atoms in total. The van der Waals surface area contributed by atoms with E-state index in [1.807, 2.05) is 0 Å². The molecule has 0 radical (unpaired) electrons. The van der Waals surface area contributed by atoms with E-state index in [-0.39, 0.29) is 12.3 Å². The van der Waals surface area contributed by atoms with Gasteiger partial charge in [-0.25, -0.2) is 0 Å². The molecule has 1 atom stereocenters. The summed E-state index contributed by atoms with van der Waals surface area (Å²) in [6.45, 7) is -0.0671. The van der Waals surface area contributed by atoms with Gasteiger partial charge in [0.2, 0.25) is 0 Å². The average Bonchev–Trinajstić information content (AvgIpc) is 2.30. The maximum absolute atomic E-state index is 11.1. The minimum Gasteiger partial charge on any atom is -0.496 e. The molecule has 0 aliphatic carbocycles. The molecule has 0 amide bonds. The number of carbonyl (C=O) groups is 1. The Bertz CT molecular complexity index is 422. The maximum atomic E-state index is 11.1. The van der Waals surface area contributed by atoms with Gasteiger partial charge < -0.3 is 20.3 Å². The molecule has 17 heavy (non-hydrogen) atoms. The molecule has 0 fully saturated rings. The number of benzene rings is 1. The van der Waals surface area contributed by atoms with Gasteiger partial charge in [0, 0.05) is 6.54 Å². The van der Waals surface area contributed by atoms with E-state index in [4.69, 9.17) is 31.9 Å². The highest BCUT2D eigenvalue weighted by molar-refractivity contribution is 6.32. The molecule has 1 unspecified atom stereocenters. The van der Waals surface area contributed by atoms with Crippen molar-refractivity contribution in [1.82, 2.24) is 0 Å². The summed E-state index contributed by atoms with van der Waals surface area (Å²) in [4.78, 5) is 11.1. The molecule has 0 saturated heterocycles. The first-order valence-electron chi connectivity index (χ1n) is 4.90. The Balaban J connectivity index is 3.45. The number of ether oxygens (including phenoxy) is 2. The lowest BCUT2D eigenvalue weighted by Gasteiger charge is -2.18. The molecule has 94 valence electrons. The van der Waals surface area contributed by atoms with Crippen molar-refractivity contribution in [2.45, 2.75) is 5.92 Å². The van der Waals surface area contributed by atoms with Crippen molar-refractivity contribution >= 4 is 17.6 Å². The van der Waals surface area contributed by atoms with Crippen LogP contribution in [-0.4, -0.2) is 31.8 Å². The van der Waals surface area contributed by atoms with Crippen molar-refractivity contribution in [1.29, 1.82) is 0 Å². The summed E-state index contributed by atoms with van der Waals surface area (Å²) in [6.07, 6.45) is 0. The minimum atomic E-state index is -1.05. The van der Waals surface area contributed by atoms with Crippen LogP contribution < -0.4 is 15.2 Å².